The first-order chi connectivity index (χ1) is 15.7. The number of ketones is 1. The molecular weight excluding hydrogens is 434 g/mol. The van der Waals surface area contributed by atoms with Gasteiger partial charge in [-0.3, -0.25) is 28.3 Å². The molecule has 0 saturated heterocycles. The summed E-state index contributed by atoms with van der Waals surface area (Å²) in [5.41, 5.74) is -2.46. The quantitative estimate of drug-likeness (QED) is 0.492. The maximum Gasteiger partial charge on any atom is 0.334 e. The minimum Gasteiger partial charge on any atom is -0.497 e. The van der Waals surface area contributed by atoms with E-state index >= 15 is 0 Å². The first-order valence-corrected chi connectivity index (χ1v) is 10.5. The first kappa shape index (κ1) is 23.8. The van der Waals surface area contributed by atoms with Gasteiger partial charge in [0.1, 0.15) is 12.3 Å². The molecule has 11 nitrogen and oxygen atoms in total. The maximum absolute atomic E-state index is 13.2. The average Bonchev–Trinajstić information content (AvgIpc) is 2.81. The predicted molar refractivity (Wildman–Crippen MR) is 116 cm³/mol. The van der Waals surface area contributed by atoms with Gasteiger partial charge in [0.2, 0.25) is 5.88 Å². The summed E-state index contributed by atoms with van der Waals surface area (Å²) in [4.78, 5) is 62.4. The van der Waals surface area contributed by atoms with Gasteiger partial charge in [0.15, 0.2) is 11.3 Å². The summed E-state index contributed by atoms with van der Waals surface area (Å²) in [5.74, 6) is -3.49. The Morgan fingerprint density at radius 1 is 1.09 bits per heavy atom. The van der Waals surface area contributed by atoms with Crippen LogP contribution in [-0.4, -0.2) is 50.7 Å². The maximum atomic E-state index is 13.2. The molecular formula is C22H25N3O8. The highest BCUT2D eigenvalue weighted by atomic mass is 16.5. The number of nitrogens with zero attached hydrogens (tertiary/aromatic N) is 2. The highest BCUT2D eigenvalue weighted by Crippen LogP contribution is 2.26. The summed E-state index contributed by atoms with van der Waals surface area (Å²) in [7, 11) is 1.47. The number of carboxylic acids is 1. The molecule has 33 heavy (non-hydrogen) atoms. The lowest BCUT2D eigenvalue weighted by Crippen LogP contribution is -2.47. The van der Waals surface area contributed by atoms with Crippen molar-refractivity contribution in [1.29, 1.82) is 0 Å². The topological polar surface area (TPSA) is 157 Å². The lowest BCUT2D eigenvalue weighted by atomic mass is 9.95. The molecule has 3 rings (SSSR count). The number of hydrogen-bond donors (Lipinski definition) is 3. The van der Waals surface area contributed by atoms with Crippen molar-refractivity contribution in [3.05, 3.63) is 56.2 Å². The van der Waals surface area contributed by atoms with E-state index in [4.69, 9.17) is 9.84 Å². The summed E-state index contributed by atoms with van der Waals surface area (Å²) < 4.78 is 6.63. The van der Waals surface area contributed by atoms with Crippen molar-refractivity contribution in [2.24, 2.45) is 0 Å². The molecule has 1 saturated carbocycles. The molecule has 0 unspecified atom stereocenters. The molecule has 0 spiro atoms. The van der Waals surface area contributed by atoms with Gasteiger partial charge >= 0.3 is 11.7 Å². The van der Waals surface area contributed by atoms with Crippen LogP contribution in [0.2, 0.25) is 0 Å². The lowest BCUT2D eigenvalue weighted by Gasteiger charge is -2.25. The molecule has 2 aromatic rings. The molecule has 1 aliphatic rings. The van der Waals surface area contributed by atoms with Crippen LogP contribution in [0.15, 0.2) is 33.9 Å². The fourth-order valence-corrected chi connectivity index (χ4v) is 3.92. The van der Waals surface area contributed by atoms with Crippen molar-refractivity contribution in [1.82, 2.24) is 14.5 Å². The smallest absolute Gasteiger partial charge is 0.334 e. The number of rotatable bonds is 8. The van der Waals surface area contributed by atoms with Crippen LogP contribution in [-0.2, 0) is 11.3 Å². The van der Waals surface area contributed by atoms with Crippen LogP contribution in [0.5, 0.6) is 11.6 Å². The second-order valence-electron chi connectivity index (χ2n) is 7.76. The summed E-state index contributed by atoms with van der Waals surface area (Å²) in [6.45, 7) is -1.41. The van der Waals surface area contributed by atoms with Gasteiger partial charge in [0.25, 0.3) is 11.5 Å². The van der Waals surface area contributed by atoms with Gasteiger partial charge in [-0.1, -0.05) is 19.3 Å². The van der Waals surface area contributed by atoms with Crippen LogP contribution in [0.25, 0.3) is 0 Å². The van der Waals surface area contributed by atoms with E-state index in [0.29, 0.717) is 23.2 Å². The molecule has 1 aliphatic carbocycles. The highest BCUT2D eigenvalue weighted by molar-refractivity contribution is 5.98. The molecule has 0 radical (unpaired) electrons. The van der Waals surface area contributed by atoms with E-state index in [1.54, 1.807) is 12.1 Å². The number of aliphatic carboxylic acids is 1. The minimum absolute atomic E-state index is 0.231. The van der Waals surface area contributed by atoms with E-state index < -0.39 is 59.5 Å². The van der Waals surface area contributed by atoms with E-state index in [1.807, 2.05) is 5.32 Å². The molecule has 11 heteroatoms. The van der Waals surface area contributed by atoms with E-state index in [1.165, 1.54) is 19.2 Å². The van der Waals surface area contributed by atoms with Gasteiger partial charge in [-0.2, -0.15) is 0 Å². The largest absolute Gasteiger partial charge is 0.497 e. The third-order valence-corrected chi connectivity index (χ3v) is 5.63. The van der Waals surface area contributed by atoms with Gasteiger partial charge in [-0.25, -0.2) is 4.79 Å². The van der Waals surface area contributed by atoms with E-state index in [9.17, 15) is 29.1 Å². The predicted octanol–water partition coefficient (Wildman–Crippen LogP) is 0.927. The second-order valence-corrected chi connectivity index (χ2v) is 7.76. The van der Waals surface area contributed by atoms with Gasteiger partial charge in [0.05, 0.1) is 13.7 Å². The van der Waals surface area contributed by atoms with Crippen LogP contribution in [0.3, 0.4) is 0 Å². The minimum atomic E-state index is -1.35. The summed E-state index contributed by atoms with van der Waals surface area (Å²) in [6, 6.07) is 5.60. The van der Waals surface area contributed by atoms with Crippen molar-refractivity contribution >= 4 is 17.7 Å². The zero-order valence-electron chi connectivity index (χ0n) is 18.1. The monoisotopic (exact) mass is 459 g/mol. The zero-order valence-corrected chi connectivity index (χ0v) is 18.1. The number of carboxylic acid groups (broad SMARTS) is 1. The molecule has 0 bridgehead atoms. The third kappa shape index (κ3) is 5.13. The Labute approximate surface area is 188 Å². The summed E-state index contributed by atoms with van der Waals surface area (Å²) >= 11 is 0. The zero-order chi connectivity index (χ0) is 24.1. The van der Waals surface area contributed by atoms with Crippen LogP contribution >= 0.6 is 0 Å². The molecule has 3 N–H and O–H groups in total. The number of nitrogens with one attached hydrogen (secondary N) is 1. The van der Waals surface area contributed by atoms with Gasteiger partial charge in [0, 0.05) is 11.6 Å². The SMILES string of the molecule is COc1ccc(C(=O)Cn2c(O)c(C(=O)NCC(=O)O)c(=O)n(C3CCCCC3)c2=O)cc1. The number of amides is 1. The highest BCUT2D eigenvalue weighted by Gasteiger charge is 2.29. The van der Waals surface area contributed by atoms with Crippen LogP contribution < -0.4 is 21.3 Å². The Hall–Kier alpha value is -3.89. The normalized spacial score (nSPS) is 14.0. The lowest BCUT2D eigenvalue weighted by molar-refractivity contribution is -0.135. The summed E-state index contributed by atoms with van der Waals surface area (Å²) in [5, 5.41) is 21.5. The fourth-order valence-electron chi connectivity index (χ4n) is 3.92. The van der Waals surface area contributed by atoms with Gasteiger partial charge in [-0.05, 0) is 37.1 Å². The number of benzene rings is 1. The van der Waals surface area contributed by atoms with E-state index in [2.05, 4.69) is 0 Å². The van der Waals surface area contributed by atoms with Gasteiger partial charge in [-0.15, -0.1) is 0 Å². The number of aromatic hydroxyl groups is 1. The number of carbonyl (C=O) groups is 3. The number of methoxy groups -OCH3 is 1. The molecule has 1 aromatic heterocycles. The molecule has 1 fully saturated rings. The Morgan fingerprint density at radius 2 is 1.73 bits per heavy atom. The Bertz CT molecular complexity index is 1170. The second kappa shape index (κ2) is 10.2. The van der Waals surface area contributed by atoms with E-state index in [-0.39, 0.29) is 5.56 Å². The Morgan fingerprint density at radius 3 is 2.30 bits per heavy atom. The number of ether oxygens (including phenoxy) is 1. The molecule has 1 aromatic carbocycles. The van der Waals surface area contributed by atoms with Gasteiger partial charge < -0.3 is 20.3 Å². The van der Waals surface area contributed by atoms with Crippen molar-refractivity contribution in [2.45, 2.75) is 44.7 Å². The Balaban J connectivity index is 2.08. The first-order valence-electron chi connectivity index (χ1n) is 10.5. The number of aromatic nitrogens is 2. The Kier molecular flexibility index (Phi) is 7.31. The molecule has 176 valence electrons. The molecule has 1 amide bonds. The van der Waals surface area contributed by atoms with E-state index in [0.717, 1.165) is 23.8 Å². The average molecular weight is 459 g/mol. The number of hydrogen-bond acceptors (Lipinski definition) is 7. The fraction of sp³-hybridized carbons (Fsp3) is 0.409. The van der Waals surface area contributed by atoms with Crippen LogP contribution in [0.4, 0.5) is 0 Å². The summed E-state index contributed by atoms with van der Waals surface area (Å²) in [6.07, 6.45) is 3.57. The van der Waals surface area contributed by atoms with Crippen molar-refractivity contribution < 1.29 is 29.3 Å². The molecule has 0 atom stereocenters. The third-order valence-electron chi connectivity index (χ3n) is 5.63. The van der Waals surface area contributed by atoms with Crippen molar-refractivity contribution in [3.63, 3.8) is 0 Å². The van der Waals surface area contributed by atoms with Crippen LogP contribution in [0.1, 0.15) is 58.9 Å². The van der Waals surface area contributed by atoms with Crippen molar-refractivity contribution in [2.75, 3.05) is 13.7 Å². The molecule has 1 heterocycles. The molecule has 0 aliphatic heterocycles. The van der Waals surface area contributed by atoms with Crippen molar-refractivity contribution in [3.8, 4) is 11.6 Å². The van der Waals surface area contributed by atoms with Crippen LogP contribution in [0, 0.1) is 0 Å². The standard InChI is InChI=1S/C22H25N3O8/c1-33-15-9-7-13(8-10-15)16(26)12-24-20(30)18(19(29)23-11-17(27)28)21(31)25(22(24)32)14-5-3-2-4-6-14/h7-10,14,30H,2-6,11-12H2,1H3,(H,23,29)(H,27,28). The number of Topliss-reactive ketones (excluding diaryl/α,β-unsaturated/α-hetero) is 1. The number of carbonyl (C=O) groups excluding carboxylic acids is 2.